The Balaban J connectivity index is 0. The standard InChI is InChI=1S/C10H14O2S.Na.H/c1-10(2,3)8-4-6-9(7-5-8)13(11)12;;/h4-7H,1-3H3,(H,11,12);;/q;+1;-1. The fraction of sp³-hybridized carbons (Fsp3) is 0.400. The third kappa shape index (κ3) is 3.83. The van der Waals surface area contributed by atoms with Gasteiger partial charge in [0.2, 0.25) is 0 Å². The summed E-state index contributed by atoms with van der Waals surface area (Å²) in [6.45, 7) is 6.33. The summed E-state index contributed by atoms with van der Waals surface area (Å²) in [7, 11) is 0. The zero-order valence-corrected chi connectivity index (χ0v) is 11.9. The summed E-state index contributed by atoms with van der Waals surface area (Å²) in [6, 6.07) is 7.17. The first-order chi connectivity index (χ1) is 5.91. The summed E-state index contributed by atoms with van der Waals surface area (Å²) in [4.78, 5) is 0.452. The molecule has 1 N–H and O–H groups in total. The van der Waals surface area contributed by atoms with Crippen LogP contribution in [0.5, 0.6) is 0 Å². The molecule has 0 aliphatic heterocycles. The van der Waals surface area contributed by atoms with Crippen molar-refractivity contribution in [3.05, 3.63) is 29.8 Å². The van der Waals surface area contributed by atoms with Gasteiger partial charge in [-0.3, -0.25) is 0 Å². The van der Waals surface area contributed by atoms with Crippen molar-refractivity contribution in [2.45, 2.75) is 31.1 Å². The third-order valence-electron chi connectivity index (χ3n) is 1.92. The molecule has 0 aliphatic rings. The largest absolute Gasteiger partial charge is 1.00 e. The van der Waals surface area contributed by atoms with Crippen LogP contribution in [0.3, 0.4) is 0 Å². The summed E-state index contributed by atoms with van der Waals surface area (Å²) in [5, 5.41) is 0. The van der Waals surface area contributed by atoms with E-state index >= 15 is 0 Å². The quantitative estimate of drug-likeness (QED) is 0.522. The monoisotopic (exact) mass is 222 g/mol. The molecule has 0 amide bonds. The summed E-state index contributed by atoms with van der Waals surface area (Å²) in [5.41, 5.74) is 1.26. The van der Waals surface area contributed by atoms with Gasteiger partial charge in [0.15, 0.2) is 11.1 Å². The number of benzene rings is 1. The number of hydrogen-bond donors (Lipinski definition) is 1. The van der Waals surface area contributed by atoms with Crippen LogP contribution in [-0.2, 0) is 16.5 Å². The van der Waals surface area contributed by atoms with Gasteiger partial charge in [-0.25, -0.2) is 4.21 Å². The Bertz CT molecular complexity index is 319. The minimum Gasteiger partial charge on any atom is -1.00 e. The molecule has 14 heavy (non-hydrogen) atoms. The van der Waals surface area contributed by atoms with E-state index in [4.69, 9.17) is 4.55 Å². The molecule has 0 aliphatic carbocycles. The van der Waals surface area contributed by atoms with Gasteiger partial charge in [-0.1, -0.05) is 32.9 Å². The number of hydrogen-bond acceptors (Lipinski definition) is 1. The second-order valence-corrected chi connectivity index (χ2v) is 4.99. The number of rotatable bonds is 1. The maximum atomic E-state index is 10.7. The van der Waals surface area contributed by atoms with Crippen molar-refractivity contribution in [2.24, 2.45) is 0 Å². The van der Waals surface area contributed by atoms with Crippen LogP contribution in [0.15, 0.2) is 29.2 Å². The molecular weight excluding hydrogens is 207 g/mol. The van der Waals surface area contributed by atoms with Gasteiger partial charge in [0.1, 0.15) is 0 Å². The second-order valence-electron chi connectivity index (χ2n) is 4.02. The fourth-order valence-corrected chi connectivity index (χ4v) is 1.44. The summed E-state index contributed by atoms with van der Waals surface area (Å²) in [5.74, 6) is 0. The van der Waals surface area contributed by atoms with E-state index < -0.39 is 11.1 Å². The van der Waals surface area contributed by atoms with Crippen molar-refractivity contribution in [3.8, 4) is 0 Å². The van der Waals surface area contributed by atoms with Crippen molar-refractivity contribution in [3.63, 3.8) is 0 Å². The molecule has 1 aromatic rings. The Kier molecular flexibility index (Phi) is 5.55. The Morgan fingerprint density at radius 1 is 1.21 bits per heavy atom. The molecule has 74 valence electrons. The Hall–Kier alpha value is 0.330. The molecule has 0 heterocycles. The van der Waals surface area contributed by atoms with Gasteiger partial charge in [0.05, 0.1) is 4.90 Å². The first-order valence-corrected chi connectivity index (χ1v) is 5.23. The summed E-state index contributed by atoms with van der Waals surface area (Å²) in [6.07, 6.45) is 0. The van der Waals surface area contributed by atoms with Gasteiger partial charge >= 0.3 is 29.6 Å². The molecule has 0 fully saturated rings. The molecule has 0 bridgehead atoms. The zero-order valence-electron chi connectivity index (χ0n) is 10.1. The minimum absolute atomic E-state index is 0. The van der Waals surface area contributed by atoms with Crippen molar-refractivity contribution in [1.29, 1.82) is 0 Å². The van der Waals surface area contributed by atoms with Crippen LogP contribution >= 0.6 is 0 Å². The first-order valence-electron chi connectivity index (χ1n) is 4.12. The van der Waals surface area contributed by atoms with Crippen molar-refractivity contribution in [1.82, 2.24) is 0 Å². The van der Waals surface area contributed by atoms with Gasteiger partial charge < -0.3 is 5.98 Å². The van der Waals surface area contributed by atoms with Crippen LogP contribution in [0.25, 0.3) is 0 Å². The summed E-state index contributed by atoms with van der Waals surface area (Å²) < 4.78 is 19.5. The molecule has 0 radical (unpaired) electrons. The SMILES string of the molecule is CC(C)(C)c1ccc(S(=O)O)cc1.[H-].[Na+]. The molecule has 4 heteroatoms. The minimum atomic E-state index is -1.86. The van der Waals surface area contributed by atoms with Crippen LogP contribution in [-0.4, -0.2) is 8.76 Å². The molecule has 1 atom stereocenters. The molecule has 1 rings (SSSR count). The zero-order chi connectivity index (χ0) is 10.1. The fourth-order valence-electron chi connectivity index (χ4n) is 1.07. The summed E-state index contributed by atoms with van der Waals surface area (Å²) >= 11 is -1.86. The molecular formula is C10H15NaO2S. The molecule has 1 unspecified atom stereocenters. The predicted molar refractivity (Wildman–Crippen MR) is 55.3 cm³/mol. The smallest absolute Gasteiger partial charge is 1.00 e. The molecule has 0 saturated heterocycles. The van der Waals surface area contributed by atoms with Gasteiger partial charge in [0, 0.05) is 0 Å². The van der Waals surface area contributed by atoms with E-state index in [1.165, 1.54) is 5.56 Å². The van der Waals surface area contributed by atoms with E-state index in [1.54, 1.807) is 12.1 Å². The topological polar surface area (TPSA) is 37.3 Å². The molecule has 0 aromatic heterocycles. The van der Waals surface area contributed by atoms with E-state index in [1.807, 2.05) is 12.1 Å². The van der Waals surface area contributed by atoms with Gasteiger partial charge in [0.25, 0.3) is 0 Å². The Morgan fingerprint density at radius 3 is 1.93 bits per heavy atom. The first kappa shape index (κ1) is 14.3. The van der Waals surface area contributed by atoms with Crippen molar-refractivity contribution in [2.75, 3.05) is 0 Å². The van der Waals surface area contributed by atoms with Gasteiger partial charge in [-0.2, -0.15) is 0 Å². The van der Waals surface area contributed by atoms with Gasteiger partial charge in [-0.15, -0.1) is 0 Å². The third-order valence-corrected chi connectivity index (χ3v) is 2.60. The van der Waals surface area contributed by atoms with Gasteiger partial charge in [-0.05, 0) is 23.1 Å². The van der Waals surface area contributed by atoms with E-state index in [0.29, 0.717) is 4.90 Å². The predicted octanol–water partition coefficient (Wildman–Crippen LogP) is -0.319. The second kappa shape index (κ2) is 5.42. The van der Waals surface area contributed by atoms with E-state index in [0.717, 1.165) is 0 Å². The molecule has 2 nitrogen and oxygen atoms in total. The van der Waals surface area contributed by atoms with E-state index in [-0.39, 0.29) is 36.4 Å². The van der Waals surface area contributed by atoms with Crippen LogP contribution in [0, 0.1) is 0 Å². The maximum absolute atomic E-state index is 10.7. The molecule has 0 saturated carbocycles. The van der Waals surface area contributed by atoms with Crippen LogP contribution in [0.1, 0.15) is 27.8 Å². The van der Waals surface area contributed by atoms with Crippen molar-refractivity contribution >= 4 is 11.1 Å². The average Bonchev–Trinajstić information content (AvgIpc) is 2.03. The van der Waals surface area contributed by atoms with Crippen molar-refractivity contribution < 1.29 is 39.7 Å². The van der Waals surface area contributed by atoms with E-state index in [2.05, 4.69) is 20.8 Å². The average molecular weight is 222 g/mol. The van der Waals surface area contributed by atoms with Crippen LogP contribution in [0.4, 0.5) is 0 Å². The Labute approximate surface area is 111 Å². The van der Waals surface area contributed by atoms with Crippen LogP contribution < -0.4 is 29.6 Å². The van der Waals surface area contributed by atoms with E-state index in [9.17, 15) is 4.21 Å². The Morgan fingerprint density at radius 2 is 1.64 bits per heavy atom. The normalized spacial score (nSPS) is 13.1. The van der Waals surface area contributed by atoms with Crippen LogP contribution in [0.2, 0.25) is 0 Å². The molecule has 1 aromatic carbocycles. The molecule has 0 spiro atoms. The maximum Gasteiger partial charge on any atom is 1.00 e.